The topological polar surface area (TPSA) is 95.9 Å². The summed E-state index contributed by atoms with van der Waals surface area (Å²) in [6.07, 6.45) is 0. The number of hydrogen-bond acceptors (Lipinski definition) is 7. The Morgan fingerprint density at radius 1 is 1.02 bits per heavy atom. The van der Waals surface area contributed by atoms with Crippen LogP contribution in [0.4, 0.5) is 19.4 Å². The minimum Gasteiger partial charge on any atom is -0.475 e. The smallest absolute Gasteiger partial charge is 0.320 e. The standard InChI is InChI=1S/C30H39F2N7O3/c1-21-28(39(25-6-4-3-5-7-25)36-29(21)42-15-13-37-10-8-33-9-11-37)35-30(40)34-27-20-38(12-14-41-2)19-26(27)22-16-23(31)18-24(32)17-22/h3-7,16-18,26-27,33H,8-15,19-20H2,1-2H3,(H2,34,35,40)/t26-,27+/m0/s1. The van der Waals surface area contributed by atoms with E-state index in [9.17, 15) is 13.6 Å². The van der Waals surface area contributed by atoms with Crippen molar-refractivity contribution in [1.82, 2.24) is 30.2 Å². The first-order valence-corrected chi connectivity index (χ1v) is 14.4. The molecule has 226 valence electrons. The summed E-state index contributed by atoms with van der Waals surface area (Å²) in [5.74, 6) is -0.657. The second-order valence-electron chi connectivity index (χ2n) is 10.7. The molecule has 12 heteroatoms. The van der Waals surface area contributed by atoms with Gasteiger partial charge in [-0.3, -0.25) is 15.1 Å². The number of carbonyl (C=O) groups excluding carboxylic acids is 1. The van der Waals surface area contributed by atoms with E-state index in [1.807, 2.05) is 37.3 Å². The molecule has 2 aromatic carbocycles. The highest BCUT2D eigenvalue weighted by Crippen LogP contribution is 2.31. The van der Waals surface area contributed by atoms with E-state index in [-0.39, 0.29) is 12.0 Å². The third-order valence-electron chi connectivity index (χ3n) is 7.80. The number of methoxy groups -OCH3 is 1. The summed E-state index contributed by atoms with van der Waals surface area (Å²) in [4.78, 5) is 17.9. The van der Waals surface area contributed by atoms with Gasteiger partial charge in [0.15, 0.2) is 0 Å². The maximum absolute atomic E-state index is 14.1. The number of anilines is 1. The Kier molecular flexibility index (Phi) is 10.0. The van der Waals surface area contributed by atoms with Crippen LogP contribution in [-0.4, -0.2) is 104 Å². The van der Waals surface area contributed by atoms with Crippen LogP contribution in [0.2, 0.25) is 0 Å². The van der Waals surface area contributed by atoms with E-state index in [0.29, 0.717) is 55.7 Å². The third-order valence-corrected chi connectivity index (χ3v) is 7.80. The van der Waals surface area contributed by atoms with Gasteiger partial charge in [-0.2, -0.15) is 0 Å². The first-order valence-electron chi connectivity index (χ1n) is 14.4. The molecule has 5 rings (SSSR count). The van der Waals surface area contributed by atoms with Crippen molar-refractivity contribution < 1.29 is 23.0 Å². The van der Waals surface area contributed by atoms with Crippen LogP contribution in [0.3, 0.4) is 0 Å². The molecule has 3 heterocycles. The minimum absolute atomic E-state index is 0.304. The fourth-order valence-corrected chi connectivity index (χ4v) is 5.60. The molecule has 2 atom stereocenters. The van der Waals surface area contributed by atoms with Gasteiger partial charge in [0.25, 0.3) is 0 Å². The highest BCUT2D eigenvalue weighted by molar-refractivity contribution is 5.90. The average molecular weight is 584 g/mol. The second kappa shape index (κ2) is 14.1. The van der Waals surface area contributed by atoms with Crippen LogP contribution in [0, 0.1) is 18.6 Å². The first kappa shape index (κ1) is 29.9. The molecule has 3 N–H and O–H groups in total. The van der Waals surface area contributed by atoms with E-state index in [4.69, 9.17) is 14.6 Å². The summed E-state index contributed by atoms with van der Waals surface area (Å²) >= 11 is 0. The van der Waals surface area contributed by atoms with E-state index in [1.54, 1.807) is 11.8 Å². The van der Waals surface area contributed by atoms with Gasteiger partial charge in [0, 0.05) is 71.5 Å². The van der Waals surface area contributed by atoms with E-state index in [0.717, 1.165) is 44.5 Å². The summed E-state index contributed by atoms with van der Waals surface area (Å²) in [5.41, 5.74) is 1.97. The zero-order valence-electron chi connectivity index (χ0n) is 24.1. The van der Waals surface area contributed by atoms with Gasteiger partial charge in [-0.15, -0.1) is 5.10 Å². The number of amides is 2. The molecule has 0 saturated carbocycles. The molecule has 42 heavy (non-hydrogen) atoms. The van der Waals surface area contributed by atoms with Crippen molar-refractivity contribution >= 4 is 11.8 Å². The summed E-state index contributed by atoms with van der Waals surface area (Å²) in [5, 5.41) is 14.1. The molecule has 1 aromatic heterocycles. The van der Waals surface area contributed by atoms with Crippen molar-refractivity contribution in [3.05, 3.63) is 71.3 Å². The highest BCUT2D eigenvalue weighted by Gasteiger charge is 2.35. The predicted octanol–water partition coefficient (Wildman–Crippen LogP) is 2.98. The molecule has 3 aromatic rings. The number of halogens is 2. The summed E-state index contributed by atoms with van der Waals surface area (Å²) in [6, 6.07) is 12.2. The Morgan fingerprint density at radius 3 is 2.45 bits per heavy atom. The normalized spacial score (nSPS) is 19.6. The van der Waals surface area contributed by atoms with Gasteiger partial charge in [-0.1, -0.05) is 18.2 Å². The molecule has 2 aliphatic rings. The Hall–Kier alpha value is -3.58. The molecule has 0 radical (unpaired) electrons. The van der Waals surface area contributed by atoms with Gasteiger partial charge in [0.1, 0.15) is 24.1 Å². The van der Waals surface area contributed by atoms with Crippen LogP contribution >= 0.6 is 0 Å². The number of ether oxygens (including phenoxy) is 2. The molecule has 2 saturated heterocycles. The van der Waals surface area contributed by atoms with Crippen LogP contribution < -0.4 is 20.7 Å². The predicted molar refractivity (Wildman–Crippen MR) is 156 cm³/mol. The van der Waals surface area contributed by atoms with Gasteiger partial charge >= 0.3 is 6.03 Å². The minimum atomic E-state index is -0.643. The molecule has 0 aliphatic carbocycles. The van der Waals surface area contributed by atoms with E-state index < -0.39 is 17.7 Å². The van der Waals surface area contributed by atoms with Crippen molar-refractivity contribution in [1.29, 1.82) is 0 Å². The number of nitrogens with zero attached hydrogens (tertiary/aromatic N) is 4. The largest absolute Gasteiger partial charge is 0.475 e. The van der Waals surface area contributed by atoms with Crippen LogP contribution in [0.25, 0.3) is 5.69 Å². The van der Waals surface area contributed by atoms with Gasteiger partial charge in [0.05, 0.1) is 23.9 Å². The molecule has 0 unspecified atom stereocenters. The molecule has 2 fully saturated rings. The van der Waals surface area contributed by atoms with Crippen LogP contribution in [0.1, 0.15) is 17.0 Å². The number of carbonyl (C=O) groups is 1. The van der Waals surface area contributed by atoms with E-state index >= 15 is 0 Å². The molecule has 10 nitrogen and oxygen atoms in total. The number of para-hydroxylation sites is 1. The van der Waals surface area contributed by atoms with Crippen molar-refractivity contribution in [2.75, 3.05) is 78.0 Å². The Labute approximate surface area is 245 Å². The van der Waals surface area contributed by atoms with Crippen molar-refractivity contribution in [2.24, 2.45) is 0 Å². The molecule has 0 spiro atoms. The Balaban J connectivity index is 1.32. The lowest BCUT2D eigenvalue weighted by Gasteiger charge is -2.26. The fourth-order valence-electron chi connectivity index (χ4n) is 5.60. The van der Waals surface area contributed by atoms with Crippen molar-refractivity contribution in [3.63, 3.8) is 0 Å². The lowest BCUT2D eigenvalue weighted by atomic mass is 9.94. The highest BCUT2D eigenvalue weighted by atomic mass is 19.1. The Bertz CT molecular complexity index is 1310. The SMILES string of the molecule is COCCN1C[C@@H](NC(=O)Nc2c(C)c(OCCN3CCNCC3)nn2-c2ccccc2)[C@H](c2cc(F)cc(F)c2)C1. The monoisotopic (exact) mass is 583 g/mol. The quantitative estimate of drug-likeness (QED) is 0.320. The van der Waals surface area contributed by atoms with E-state index in [2.05, 4.69) is 25.8 Å². The number of hydrogen-bond donors (Lipinski definition) is 3. The molecule has 0 bridgehead atoms. The van der Waals surface area contributed by atoms with Gasteiger partial charge < -0.3 is 20.1 Å². The molecular formula is C30H39F2N7O3. The number of piperazine rings is 1. The number of aromatic nitrogens is 2. The maximum atomic E-state index is 14.1. The van der Waals surface area contributed by atoms with Crippen molar-refractivity contribution in [3.8, 4) is 11.6 Å². The molecular weight excluding hydrogens is 544 g/mol. The van der Waals surface area contributed by atoms with Gasteiger partial charge in [-0.25, -0.2) is 18.3 Å². The third kappa shape index (κ3) is 7.43. The fraction of sp³-hybridized carbons (Fsp3) is 0.467. The van der Waals surface area contributed by atoms with Gasteiger partial charge in [0.2, 0.25) is 5.88 Å². The Morgan fingerprint density at radius 2 is 1.74 bits per heavy atom. The number of likely N-dealkylation sites (tertiary alicyclic amines) is 1. The lowest BCUT2D eigenvalue weighted by Crippen LogP contribution is -2.44. The molecule has 2 aliphatic heterocycles. The van der Waals surface area contributed by atoms with Crippen LogP contribution in [-0.2, 0) is 4.74 Å². The van der Waals surface area contributed by atoms with Gasteiger partial charge in [-0.05, 0) is 36.8 Å². The second-order valence-corrected chi connectivity index (χ2v) is 10.7. The summed E-state index contributed by atoms with van der Waals surface area (Å²) in [6.45, 7) is 9.19. The number of rotatable bonds is 11. The number of nitrogens with one attached hydrogen (secondary N) is 3. The molecule has 2 amide bonds. The van der Waals surface area contributed by atoms with Crippen molar-refractivity contribution in [2.45, 2.75) is 18.9 Å². The summed E-state index contributed by atoms with van der Waals surface area (Å²) < 4.78 is 41.2. The number of urea groups is 1. The number of benzene rings is 2. The maximum Gasteiger partial charge on any atom is 0.320 e. The zero-order chi connectivity index (χ0) is 29.5. The lowest BCUT2D eigenvalue weighted by molar-refractivity contribution is 0.159. The summed E-state index contributed by atoms with van der Waals surface area (Å²) in [7, 11) is 1.63. The van der Waals surface area contributed by atoms with Crippen LogP contribution in [0.15, 0.2) is 48.5 Å². The van der Waals surface area contributed by atoms with Crippen LogP contribution in [0.5, 0.6) is 5.88 Å². The van der Waals surface area contributed by atoms with E-state index in [1.165, 1.54) is 12.1 Å². The first-order chi connectivity index (χ1) is 20.4. The average Bonchev–Trinajstić information content (AvgIpc) is 3.52. The zero-order valence-corrected chi connectivity index (χ0v) is 24.1.